The van der Waals surface area contributed by atoms with Crippen molar-refractivity contribution in [2.24, 2.45) is 0 Å². The molecular formula is C23H30FN3O. The summed E-state index contributed by atoms with van der Waals surface area (Å²) in [5.74, 6) is -0.184. The Morgan fingerprint density at radius 2 is 1.57 bits per heavy atom. The SMILES string of the molecule is CC1(CO)CN(Cc2ccccc2)CC2CN(Cc3ccc(F)cc3)CCN21. The highest BCUT2D eigenvalue weighted by molar-refractivity contribution is 5.17. The Kier molecular flexibility index (Phi) is 5.78. The first kappa shape index (κ1) is 19.5. The molecule has 2 unspecified atom stereocenters. The van der Waals surface area contributed by atoms with E-state index in [4.69, 9.17) is 0 Å². The molecule has 2 fully saturated rings. The number of aliphatic hydroxyl groups excluding tert-OH is 1. The van der Waals surface area contributed by atoms with Crippen molar-refractivity contribution in [1.29, 1.82) is 0 Å². The van der Waals surface area contributed by atoms with E-state index in [2.05, 4.69) is 45.9 Å². The van der Waals surface area contributed by atoms with Gasteiger partial charge in [-0.25, -0.2) is 4.39 Å². The fraction of sp³-hybridized carbons (Fsp3) is 0.478. The van der Waals surface area contributed by atoms with Crippen molar-refractivity contribution < 1.29 is 9.50 Å². The van der Waals surface area contributed by atoms with E-state index in [9.17, 15) is 9.50 Å². The second-order valence-corrected chi connectivity index (χ2v) is 8.52. The molecule has 150 valence electrons. The topological polar surface area (TPSA) is 30.0 Å². The number of piperazine rings is 2. The molecule has 2 heterocycles. The maximum atomic E-state index is 13.2. The van der Waals surface area contributed by atoms with Gasteiger partial charge in [0, 0.05) is 51.9 Å². The predicted molar refractivity (Wildman–Crippen MR) is 109 cm³/mol. The normalized spacial score (nSPS) is 26.9. The van der Waals surface area contributed by atoms with E-state index in [1.807, 2.05) is 18.2 Å². The number of aliphatic hydroxyl groups is 1. The third-order valence-corrected chi connectivity index (χ3v) is 6.20. The number of rotatable bonds is 5. The summed E-state index contributed by atoms with van der Waals surface area (Å²) in [6.07, 6.45) is 0. The van der Waals surface area contributed by atoms with Gasteiger partial charge in [0.15, 0.2) is 0 Å². The molecule has 28 heavy (non-hydrogen) atoms. The molecule has 2 aromatic carbocycles. The zero-order chi connectivity index (χ0) is 19.6. The van der Waals surface area contributed by atoms with Gasteiger partial charge in [0.1, 0.15) is 5.82 Å². The quantitative estimate of drug-likeness (QED) is 0.860. The second kappa shape index (κ2) is 8.29. The minimum absolute atomic E-state index is 0.173. The first-order chi connectivity index (χ1) is 13.6. The molecule has 4 rings (SSSR count). The lowest BCUT2D eigenvalue weighted by Gasteiger charge is -2.56. The number of hydrogen-bond donors (Lipinski definition) is 1. The van der Waals surface area contributed by atoms with Gasteiger partial charge >= 0.3 is 0 Å². The Morgan fingerprint density at radius 3 is 2.29 bits per heavy atom. The van der Waals surface area contributed by atoms with Crippen molar-refractivity contribution in [2.75, 3.05) is 39.3 Å². The number of benzene rings is 2. The summed E-state index contributed by atoms with van der Waals surface area (Å²) in [5, 5.41) is 10.2. The molecule has 4 nitrogen and oxygen atoms in total. The highest BCUT2D eigenvalue weighted by atomic mass is 19.1. The van der Waals surface area contributed by atoms with Gasteiger partial charge in [-0.05, 0) is 30.2 Å². The lowest BCUT2D eigenvalue weighted by molar-refractivity contribution is -0.0951. The van der Waals surface area contributed by atoms with Crippen LogP contribution in [0.1, 0.15) is 18.1 Å². The fourth-order valence-electron chi connectivity index (χ4n) is 4.82. The van der Waals surface area contributed by atoms with E-state index < -0.39 is 0 Å². The summed E-state index contributed by atoms with van der Waals surface area (Å²) < 4.78 is 13.2. The van der Waals surface area contributed by atoms with Crippen LogP contribution in [-0.2, 0) is 13.1 Å². The van der Waals surface area contributed by atoms with E-state index in [-0.39, 0.29) is 18.0 Å². The smallest absolute Gasteiger partial charge is 0.123 e. The van der Waals surface area contributed by atoms with Crippen LogP contribution in [-0.4, -0.2) is 70.7 Å². The average Bonchev–Trinajstić information content (AvgIpc) is 2.70. The van der Waals surface area contributed by atoms with Gasteiger partial charge in [0.25, 0.3) is 0 Å². The van der Waals surface area contributed by atoms with Crippen LogP contribution >= 0.6 is 0 Å². The Balaban J connectivity index is 1.45. The molecule has 2 aliphatic heterocycles. The van der Waals surface area contributed by atoms with E-state index in [0.717, 1.165) is 51.4 Å². The van der Waals surface area contributed by atoms with Crippen molar-refractivity contribution in [3.63, 3.8) is 0 Å². The highest BCUT2D eigenvalue weighted by Gasteiger charge is 2.44. The summed E-state index contributed by atoms with van der Waals surface area (Å²) in [5.41, 5.74) is 2.26. The van der Waals surface area contributed by atoms with Crippen LogP contribution in [0.2, 0.25) is 0 Å². The van der Waals surface area contributed by atoms with Crippen molar-refractivity contribution in [3.05, 3.63) is 71.5 Å². The molecule has 2 aromatic rings. The molecule has 0 aromatic heterocycles. The highest BCUT2D eigenvalue weighted by Crippen LogP contribution is 2.29. The minimum Gasteiger partial charge on any atom is -0.394 e. The summed E-state index contributed by atoms with van der Waals surface area (Å²) in [6, 6.07) is 17.8. The van der Waals surface area contributed by atoms with Crippen molar-refractivity contribution >= 4 is 0 Å². The average molecular weight is 384 g/mol. The molecule has 0 saturated carbocycles. The van der Waals surface area contributed by atoms with E-state index in [1.165, 1.54) is 17.7 Å². The number of hydrogen-bond acceptors (Lipinski definition) is 4. The van der Waals surface area contributed by atoms with Crippen LogP contribution in [0.5, 0.6) is 0 Å². The summed E-state index contributed by atoms with van der Waals surface area (Å²) in [7, 11) is 0. The largest absolute Gasteiger partial charge is 0.394 e. The van der Waals surface area contributed by atoms with Gasteiger partial charge in [-0.2, -0.15) is 0 Å². The molecular weight excluding hydrogens is 353 g/mol. The Bertz CT molecular complexity index is 769. The van der Waals surface area contributed by atoms with Crippen LogP contribution in [0.4, 0.5) is 4.39 Å². The zero-order valence-corrected chi connectivity index (χ0v) is 16.6. The van der Waals surface area contributed by atoms with Crippen LogP contribution in [0.15, 0.2) is 54.6 Å². The van der Waals surface area contributed by atoms with Gasteiger partial charge in [0.05, 0.1) is 12.1 Å². The molecule has 0 radical (unpaired) electrons. The van der Waals surface area contributed by atoms with E-state index in [1.54, 1.807) is 0 Å². The molecule has 0 aliphatic carbocycles. The fourth-order valence-corrected chi connectivity index (χ4v) is 4.82. The van der Waals surface area contributed by atoms with Crippen LogP contribution in [0.25, 0.3) is 0 Å². The zero-order valence-electron chi connectivity index (χ0n) is 16.6. The number of nitrogens with zero attached hydrogens (tertiary/aromatic N) is 3. The molecule has 2 saturated heterocycles. The standard InChI is InChI=1S/C23H30FN3O/c1-23(18-28)17-26(14-19-5-3-2-4-6-19)16-22-15-25(11-12-27(22)23)13-20-7-9-21(24)10-8-20/h2-10,22,28H,11-18H2,1H3. The lowest BCUT2D eigenvalue weighted by atomic mass is 9.91. The number of halogens is 1. The summed E-state index contributed by atoms with van der Waals surface area (Å²) in [6.45, 7) is 8.91. The van der Waals surface area contributed by atoms with Crippen molar-refractivity contribution in [1.82, 2.24) is 14.7 Å². The van der Waals surface area contributed by atoms with Crippen molar-refractivity contribution in [3.8, 4) is 0 Å². The van der Waals surface area contributed by atoms with E-state index >= 15 is 0 Å². The molecule has 0 spiro atoms. The van der Waals surface area contributed by atoms with Gasteiger partial charge < -0.3 is 5.11 Å². The molecule has 0 amide bonds. The second-order valence-electron chi connectivity index (χ2n) is 8.52. The van der Waals surface area contributed by atoms with Crippen molar-refractivity contribution in [2.45, 2.75) is 31.6 Å². The maximum absolute atomic E-state index is 13.2. The lowest BCUT2D eigenvalue weighted by Crippen LogP contribution is -2.71. The number of fused-ring (bicyclic) bond motifs is 1. The Labute approximate surface area is 167 Å². The molecule has 2 atom stereocenters. The molecule has 5 heteroatoms. The monoisotopic (exact) mass is 383 g/mol. The van der Waals surface area contributed by atoms with Crippen LogP contribution in [0.3, 0.4) is 0 Å². The predicted octanol–water partition coefficient (Wildman–Crippen LogP) is 2.58. The summed E-state index contributed by atoms with van der Waals surface area (Å²) in [4.78, 5) is 7.45. The van der Waals surface area contributed by atoms with Gasteiger partial charge in [-0.1, -0.05) is 42.5 Å². The Morgan fingerprint density at radius 1 is 0.929 bits per heavy atom. The molecule has 2 aliphatic rings. The van der Waals surface area contributed by atoms with E-state index in [0.29, 0.717) is 6.04 Å². The third kappa shape index (κ3) is 4.28. The van der Waals surface area contributed by atoms with Gasteiger partial charge in [-0.15, -0.1) is 0 Å². The van der Waals surface area contributed by atoms with Gasteiger partial charge in [-0.3, -0.25) is 14.7 Å². The Hall–Kier alpha value is -1.79. The summed E-state index contributed by atoms with van der Waals surface area (Å²) >= 11 is 0. The first-order valence-corrected chi connectivity index (χ1v) is 10.2. The van der Waals surface area contributed by atoms with Crippen LogP contribution in [0, 0.1) is 5.82 Å². The minimum atomic E-state index is -0.209. The van der Waals surface area contributed by atoms with Crippen LogP contribution < -0.4 is 0 Å². The van der Waals surface area contributed by atoms with Gasteiger partial charge in [0.2, 0.25) is 0 Å². The molecule has 0 bridgehead atoms. The first-order valence-electron chi connectivity index (χ1n) is 10.2. The third-order valence-electron chi connectivity index (χ3n) is 6.20. The maximum Gasteiger partial charge on any atom is 0.123 e. The molecule has 1 N–H and O–H groups in total.